The molecular weight excluding hydrogens is 410 g/mol. The summed E-state index contributed by atoms with van der Waals surface area (Å²) in [5, 5.41) is 21.6. The molecule has 2 N–H and O–H groups in total. The van der Waals surface area contributed by atoms with Gasteiger partial charge < -0.3 is 15.2 Å². The number of nitrogens with zero attached hydrogens (tertiary/aromatic N) is 3. The first-order chi connectivity index (χ1) is 13.2. The minimum atomic E-state index is -3.03. The minimum Gasteiger partial charge on any atom is -0.391 e. The van der Waals surface area contributed by atoms with Crippen molar-refractivity contribution in [3.63, 3.8) is 0 Å². The topological polar surface area (TPSA) is 72.2 Å². The molecule has 2 aliphatic rings. The van der Waals surface area contributed by atoms with Gasteiger partial charge in [-0.05, 0) is 25.8 Å². The van der Waals surface area contributed by atoms with Crippen molar-refractivity contribution in [1.29, 1.82) is 0 Å². The molecule has 0 saturated carbocycles. The van der Waals surface area contributed by atoms with Crippen molar-refractivity contribution in [2.45, 2.75) is 69.4 Å². The van der Waals surface area contributed by atoms with Gasteiger partial charge in [0.1, 0.15) is 12.2 Å². The number of hydrogen-bond acceptors (Lipinski definition) is 6. The van der Waals surface area contributed by atoms with Gasteiger partial charge in [-0.1, -0.05) is 23.7 Å². The van der Waals surface area contributed by atoms with Crippen LogP contribution in [-0.4, -0.2) is 38.9 Å². The predicted octanol–water partition coefficient (Wildman–Crippen LogP) is 3.59. The molecule has 1 unspecified atom stereocenters. The minimum absolute atomic E-state index is 0.0173. The molecule has 2 aromatic rings. The second kappa shape index (κ2) is 7.28. The van der Waals surface area contributed by atoms with E-state index in [0.29, 0.717) is 40.7 Å². The molecule has 6 nitrogen and oxygen atoms in total. The molecule has 1 fully saturated rings. The van der Waals surface area contributed by atoms with Crippen molar-refractivity contribution in [2.75, 3.05) is 6.61 Å². The molecule has 2 aliphatic heterocycles. The van der Waals surface area contributed by atoms with Gasteiger partial charge in [0, 0.05) is 22.9 Å². The fraction of sp³-hybridized carbons (Fsp3) is 0.667. The zero-order valence-electron chi connectivity index (χ0n) is 15.7. The molecule has 1 spiro atoms. The largest absolute Gasteiger partial charge is 0.391 e. The van der Waals surface area contributed by atoms with Crippen LogP contribution in [0.3, 0.4) is 0 Å². The van der Waals surface area contributed by atoms with E-state index in [-0.39, 0.29) is 17.6 Å². The fourth-order valence-corrected chi connectivity index (χ4v) is 5.55. The van der Waals surface area contributed by atoms with Gasteiger partial charge in [0.15, 0.2) is 0 Å². The van der Waals surface area contributed by atoms with Gasteiger partial charge >= 0.3 is 0 Å². The van der Waals surface area contributed by atoms with Gasteiger partial charge in [-0.25, -0.2) is 4.68 Å². The summed E-state index contributed by atoms with van der Waals surface area (Å²) < 4.78 is 36.6. The second-order valence-electron chi connectivity index (χ2n) is 7.74. The van der Waals surface area contributed by atoms with Crippen LogP contribution in [0.4, 0.5) is 8.78 Å². The standard InChI is InChI=1S/C18H23ClF2N4O2S/c1-3-11(26)7-25-8-14(23-24-25)13-6-17(5-10(2)22-13)16-12(4-15(19)28-16)18(20,21)9-27-17/h4,8,10-11,13,22,26H,3,5-7,9H2,1-2H3/t10-,11?,13-,17-/m0/s1. The number of thiophene rings is 1. The quantitative estimate of drug-likeness (QED) is 0.772. The monoisotopic (exact) mass is 432 g/mol. The van der Waals surface area contributed by atoms with Crippen LogP contribution in [0.25, 0.3) is 0 Å². The highest BCUT2D eigenvalue weighted by atomic mass is 35.5. The molecule has 0 radical (unpaired) electrons. The van der Waals surface area contributed by atoms with Gasteiger partial charge in [-0.15, -0.1) is 16.4 Å². The van der Waals surface area contributed by atoms with Crippen LogP contribution in [0.1, 0.15) is 55.3 Å². The van der Waals surface area contributed by atoms with E-state index in [1.54, 1.807) is 10.9 Å². The van der Waals surface area contributed by atoms with Crippen molar-refractivity contribution in [3.05, 3.63) is 32.7 Å². The van der Waals surface area contributed by atoms with Crippen LogP contribution in [0.5, 0.6) is 0 Å². The molecule has 0 aliphatic carbocycles. The lowest BCUT2D eigenvalue weighted by atomic mass is 9.78. The Morgan fingerprint density at radius 1 is 1.50 bits per heavy atom. The Kier molecular flexibility index (Phi) is 5.24. The summed E-state index contributed by atoms with van der Waals surface area (Å²) in [6.45, 7) is 3.62. The highest BCUT2D eigenvalue weighted by Gasteiger charge is 2.53. The SMILES string of the molecule is CCC(O)Cn1cc([C@@H]2C[C@]3(C[C@H](C)N2)OCC(F)(F)c2cc(Cl)sc23)nn1. The summed E-state index contributed by atoms with van der Waals surface area (Å²) in [5.41, 5.74) is -0.132. The number of piperidine rings is 1. The van der Waals surface area contributed by atoms with E-state index in [1.165, 1.54) is 17.4 Å². The molecule has 28 heavy (non-hydrogen) atoms. The lowest BCUT2D eigenvalue weighted by molar-refractivity contribution is -0.183. The second-order valence-corrected chi connectivity index (χ2v) is 9.42. The summed E-state index contributed by atoms with van der Waals surface area (Å²) in [5.74, 6) is -3.03. The molecule has 4 heterocycles. The summed E-state index contributed by atoms with van der Waals surface area (Å²) >= 11 is 7.27. The van der Waals surface area contributed by atoms with Crippen molar-refractivity contribution >= 4 is 22.9 Å². The Morgan fingerprint density at radius 2 is 2.29 bits per heavy atom. The Hall–Kier alpha value is -1.13. The van der Waals surface area contributed by atoms with Gasteiger partial charge in [0.2, 0.25) is 0 Å². The van der Waals surface area contributed by atoms with Crippen molar-refractivity contribution in [1.82, 2.24) is 20.3 Å². The third-order valence-corrected chi connectivity index (χ3v) is 6.93. The molecule has 10 heteroatoms. The first kappa shape index (κ1) is 20.2. The third kappa shape index (κ3) is 3.59. The van der Waals surface area contributed by atoms with Gasteiger partial charge in [-0.2, -0.15) is 8.78 Å². The highest BCUT2D eigenvalue weighted by molar-refractivity contribution is 7.16. The molecular formula is C18H23ClF2N4O2S. The van der Waals surface area contributed by atoms with Crippen LogP contribution < -0.4 is 5.32 Å². The Bertz CT molecular complexity index is 861. The molecule has 0 amide bonds. The molecule has 2 aromatic heterocycles. The summed E-state index contributed by atoms with van der Waals surface area (Å²) in [6, 6.07) is 1.21. The van der Waals surface area contributed by atoms with E-state index in [0.717, 1.165) is 0 Å². The van der Waals surface area contributed by atoms with Crippen molar-refractivity contribution in [3.8, 4) is 0 Å². The smallest absolute Gasteiger partial charge is 0.297 e. The first-order valence-electron chi connectivity index (χ1n) is 9.38. The number of aliphatic hydroxyl groups excluding tert-OH is 1. The van der Waals surface area contributed by atoms with Crippen molar-refractivity contribution in [2.24, 2.45) is 0 Å². The van der Waals surface area contributed by atoms with E-state index in [2.05, 4.69) is 15.6 Å². The van der Waals surface area contributed by atoms with Crippen LogP contribution in [0, 0.1) is 0 Å². The van der Waals surface area contributed by atoms with E-state index < -0.39 is 24.2 Å². The predicted molar refractivity (Wildman–Crippen MR) is 102 cm³/mol. The number of hydrogen-bond donors (Lipinski definition) is 2. The molecule has 4 atom stereocenters. The molecule has 1 saturated heterocycles. The number of rotatable bonds is 4. The first-order valence-corrected chi connectivity index (χ1v) is 10.6. The van der Waals surface area contributed by atoms with Crippen LogP contribution in [-0.2, 0) is 22.8 Å². The number of ether oxygens (including phenoxy) is 1. The van der Waals surface area contributed by atoms with Gasteiger partial charge in [0.05, 0.1) is 34.9 Å². The van der Waals surface area contributed by atoms with Crippen LogP contribution in [0.15, 0.2) is 12.3 Å². The molecule has 0 aromatic carbocycles. The zero-order valence-corrected chi connectivity index (χ0v) is 17.2. The molecule has 154 valence electrons. The van der Waals surface area contributed by atoms with E-state index in [9.17, 15) is 13.9 Å². The highest BCUT2D eigenvalue weighted by Crippen LogP contribution is 2.54. The summed E-state index contributed by atoms with van der Waals surface area (Å²) in [7, 11) is 0. The number of nitrogens with one attached hydrogen (secondary N) is 1. The van der Waals surface area contributed by atoms with Crippen LogP contribution >= 0.6 is 22.9 Å². The Morgan fingerprint density at radius 3 is 3.04 bits per heavy atom. The van der Waals surface area contributed by atoms with Gasteiger partial charge in [-0.3, -0.25) is 0 Å². The number of fused-ring (bicyclic) bond motifs is 2. The van der Waals surface area contributed by atoms with E-state index >= 15 is 0 Å². The summed E-state index contributed by atoms with van der Waals surface area (Å²) in [6.07, 6.45) is 2.97. The van der Waals surface area contributed by atoms with Crippen LogP contribution in [0.2, 0.25) is 4.34 Å². The maximum absolute atomic E-state index is 14.4. The van der Waals surface area contributed by atoms with Gasteiger partial charge in [0.25, 0.3) is 5.92 Å². The number of aliphatic hydroxyl groups is 1. The average molecular weight is 433 g/mol. The third-order valence-electron chi connectivity index (χ3n) is 5.48. The Balaban J connectivity index is 1.64. The number of alkyl halides is 2. The van der Waals surface area contributed by atoms with Crippen molar-refractivity contribution < 1.29 is 18.6 Å². The lowest BCUT2D eigenvalue weighted by Gasteiger charge is -2.47. The van der Waals surface area contributed by atoms with E-state index in [4.69, 9.17) is 16.3 Å². The molecule has 4 rings (SSSR count). The maximum atomic E-state index is 14.4. The Labute approximate surface area is 170 Å². The zero-order chi connectivity index (χ0) is 20.1. The maximum Gasteiger partial charge on any atom is 0.297 e. The van der Waals surface area contributed by atoms with E-state index in [1.807, 2.05) is 13.8 Å². The lowest BCUT2D eigenvalue weighted by Crippen LogP contribution is -2.51. The average Bonchev–Trinajstić information content (AvgIpc) is 3.26. The summed E-state index contributed by atoms with van der Waals surface area (Å²) in [4.78, 5) is 0.515. The fourth-order valence-electron chi connectivity index (χ4n) is 4.11. The molecule has 0 bridgehead atoms. The normalized spacial score (nSPS) is 30.4. The number of aromatic nitrogens is 3. The number of halogens is 3.